The van der Waals surface area contributed by atoms with Crippen molar-refractivity contribution < 1.29 is 17.6 Å². The van der Waals surface area contributed by atoms with E-state index in [1.165, 1.54) is 40.7 Å². The number of carbonyl (C=O) groups excluding carboxylic acids is 1. The van der Waals surface area contributed by atoms with Crippen molar-refractivity contribution in [2.24, 2.45) is 0 Å². The van der Waals surface area contributed by atoms with Gasteiger partial charge in [0.15, 0.2) is 0 Å². The van der Waals surface area contributed by atoms with Crippen molar-refractivity contribution in [3.8, 4) is 0 Å². The van der Waals surface area contributed by atoms with Gasteiger partial charge in [0, 0.05) is 30.9 Å². The predicted octanol–water partition coefficient (Wildman–Crippen LogP) is 2.06. The molecule has 0 atom stereocenters. The van der Waals surface area contributed by atoms with E-state index in [0.29, 0.717) is 30.9 Å². The van der Waals surface area contributed by atoms with Crippen LogP contribution in [-0.2, 0) is 10.0 Å². The molecule has 1 heterocycles. The van der Waals surface area contributed by atoms with Crippen molar-refractivity contribution in [2.45, 2.75) is 11.3 Å². The second kappa shape index (κ2) is 7.94. The monoisotopic (exact) mass is 377 g/mol. The molecule has 0 aliphatic carbocycles. The highest BCUT2D eigenvalue weighted by atomic mass is 32.2. The summed E-state index contributed by atoms with van der Waals surface area (Å²) in [6, 6.07) is 11.2. The topological polar surface area (TPSA) is 78.5 Å². The normalized spacial score (nSPS) is 16.0. The molecule has 0 bridgehead atoms. The first-order valence-electron chi connectivity index (χ1n) is 8.35. The first-order chi connectivity index (χ1) is 12.5. The number of anilines is 1. The lowest BCUT2D eigenvalue weighted by molar-refractivity contribution is 0.102. The summed E-state index contributed by atoms with van der Waals surface area (Å²) in [5.41, 5.74) is 0.788. The van der Waals surface area contributed by atoms with Crippen LogP contribution in [0.5, 0.6) is 0 Å². The van der Waals surface area contributed by atoms with Gasteiger partial charge in [0.1, 0.15) is 5.82 Å². The molecule has 6 nitrogen and oxygen atoms in total. The van der Waals surface area contributed by atoms with E-state index in [0.717, 1.165) is 13.0 Å². The van der Waals surface area contributed by atoms with E-state index >= 15 is 0 Å². The highest BCUT2D eigenvalue weighted by Crippen LogP contribution is 2.19. The Hall–Kier alpha value is -2.29. The Bertz CT molecular complexity index is 860. The number of hydrogen-bond acceptors (Lipinski definition) is 4. The van der Waals surface area contributed by atoms with Gasteiger partial charge in [0.2, 0.25) is 10.0 Å². The number of rotatable bonds is 4. The van der Waals surface area contributed by atoms with Crippen molar-refractivity contribution >= 4 is 21.6 Å². The average Bonchev–Trinajstić information content (AvgIpc) is 2.93. The zero-order valence-corrected chi connectivity index (χ0v) is 14.9. The Morgan fingerprint density at radius 1 is 1.00 bits per heavy atom. The van der Waals surface area contributed by atoms with E-state index < -0.39 is 15.8 Å². The summed E-state index contributed by atoms with van der Waals surface area (Å²) in [5, 5.41) is 5.84. The fraction of sp³-hybridized carbons (Fsp3) is 0.278. The van der Waals surface area contributed by atoms with Gasteiger partial charge in [-0.3, -0.25) is 4.79 Å². The number of hydrogen-bond donors (Lipinski definition) is 2. The summed E-state index contributed by atoms with van der Waals surface area (Å²) in [6.07, 6.45) is 0.769. The van der Waals surface area contributed by atoms with Crippen LogP contribution in [0.3, 0.4) is 0 Å². The van der Waals surface area contributed by atoms with E-state index in [1.54, 1.807) is 12.1 Å². The smallest absolute Gasteiger partial charge is 0.255 e. The largest absolute Gasteiger partial charge is 0.322 e. The molecule has 1 saturated heterocycles. The Labute approximate surface area is 152 Å². The van der Waals surface area contributed by atoms with Crippen LogP contribution in [0.25, 0.3) is 0 Å². The minimum Gasteiger partial charge on any atom is -0.322 e. The molecule has 0 radical (unpaired) electrons. The summed E-state index contributed by atoms with van der Waals surface area (Å²) >= 11 is 0. The summed E-state index contributed by atoms with van der Waals surface area (Å²) < 4.78 is 39.8. The van der Waals surface area contributed by atoms with Crippen LogP contribution in [0.15, 0.2) is 53.4 Å². The molecule has 0 saturated carbocycles. The zero-order chi connectivity index (χ0) is 18.6. The first-order valence-corrected chi connectivity index (χ1v) is 9.79. The maximum absolute atomic E-state index is 12.9. The number of nitrogens with one attached hydrogen (secondary N) is 2. The molecule has 138 valence electrons. The van der Waals surface area contributed by atoms with E-state index in [4.69, 9.17) is 0 Å². The lowest BCUT2D eigenvalue weighted by Crippen LogP contribution is -2.34. The number of nitrogens with zero attached hydrogens (tertiary/aromatic N) is 1. The minimum atomic E-state index is -3.55. The third kappa shape index (κ3) is 4.27. The van der Waals surface area contributed by atoms with Gasteiger partial charge in [-0.1, -0.05) is 0 Å². The molecule has 1 aliphatic heterocycles. The van der Waals surface area contributed by atoms with Gasteiger partial charge in [-0.25, -0.2) is 12.8 Å². The second-order valence-electron chi connectivity index (χ2n) is 5.99. The molecule has 1 amide bonds. The van der Waals surface area contributed by atoms with Crippen molar-refractivity contribution in [3.05, 3.63) is 59.9 Å². The molecule has 26 heavy (non-hydrogen) atoms. The molecular formula is C18H20FN3O3S. The highest BCUT2D eigenvalue weighted by molar-refractivity contribution is 7.89. The lowest BCUT2D eigenvalue weighted by Gasteiger charge is -2.19. The fourth-order valence-corrected chi connectivity index (χ4v) is 4.20. The van der Waals surface area contributed by atoms with Crippen LogP contribution in [-0.4, -0.2) is 44.8 Å². The molecule has 8 heteroatoms. The van der Waals surface area contributed by atoms with E-state index in [2.05, 4.69) is 10.6 Å². The molecule has 2 aromatic rings. The number of carbonyl (C=O) groups is 1. The average molecular weight is 377 g/mol. The lowest BCUT2D eigenvalue weighted by atomic mass is 10.2. The van der Waals surface area contributed by atoms with Crippen LogP contribution in [0.2, 0.25) is 0 Å². The summed E-state index contributed by atoms with van der Waals surface area (Å²) in [5.74, 6) is -0.806. The van der Waals surface area contributed by atoms with Crippen LogP contribution in [0, 0.1) is 5.82 Å². The van der Waals surface area contributed by atoms with E-state index in [9.17, 15) is 17.6 Å². The van der Waals surface area contributed by atoms with Gasteiger partial charge < -0.3 is 10.6 Å². The third-order valence-electron chi connectivity index (χ3n) is 4.16. The number of benzene rings is 2. The number of amides is 1. The van der Waals surface area contributed by atoms with E-state index in [-0.39, 0.29) is 10.8 Å². The highest BCUT2D eigenvalue weighted by Gasteiger charge is 2.24. The van der Waals surface area contributed by atoms with E-state index in [1.807, 2.05) is 0 Å². The van der Waals surface area contributed by atoms with Gasteiger partial charge in [-0.15, -0.1) is 0 Å². The SMILES string of the molecule is O=C(Nc1ccc(S(=O)(=O)N2CCCNCC2)cc1)c1ccc(F)cc1. The molecule has 0 aromatic heterocycles. The molecule has 1 aliphatic rings. The van der Waals surface area contributed by atoms with Crippen molar-refractivity contribution in [2.75, 3.05) is 31.5 Å². The van der Waals surface area contributed by atoms with Crippen LogP contribution < -0.4 is 10.6 Å². The molecule has 2 aromatic carbocycles. The van der Waals surface area contributed by atoms with Crippen LogP contribution in [0.4, 0.5) is 10.1 Å². The number of halogens is 1. The standard InChI is InChI=1S/C18H20FN3O3S/c19-15-4-2-14(3-5-15)18(23)21-16-6-8-17(9-7-16)26(24,25)22-12-1-10-20-11-13-22/h2-9,20H,1,10-13H2,(H,21,23). The Kier molecular flexibility index (Phi) is 5.65. The fourth-order valence-electron chi connectivity index (χ4n) is 2.73. The van der Waals surface area contributed by atoms with Crippen molar-refractivity contribution in [3.63, 3.8) is 0 Å². The maximum atomic E-state index is 12.9. The first kappa shape index (κ1) is 18.5. The van der Waals surface area contributed by atoms with Gasteiger partial charge in [0.05, 0.1) is 4.90 Å². The Morgan fingerprint density at radius 2 is 1.69 bits per heavy atom. The molecule has 0 spiro atoms. The van der Waals surface area contributed by atoms with Crippen LogP contribution >= 0.6 is 0 Å². The summed E-state index contributed by atoms with van der Waals surface area (Å²) in [7, 11) is -3.55. The summed E-state index contributed by atoms with van der Waals surface area (Å²) in [4.78, 5) is 12.3. The quantitative estimate of drug-likeness (QED) is 0.855. The molecule has 2 N–H and O–H groups in total. The zero-order valence-electron chi connectivity index (χ0n) is 14.1. The third-order valence-corrected chi connectivity index (χ3v) is 6.07. The van der Waals surface area contributed by atoms with Gasteiger partial charge in [0.25, 0.3) is 5.91 Å². The number of sulfonamides is 1. The van der Waals surface area contributed by atoms with Crippen molar-refractivity contribution in [1.29, 1.82) is 0 Å². The van der Waals surface area contributed by atoms with Gasteiger partial charge in [-0.2, -0.15) is 4.31 Å². The predicted molar refractivity (Wildman–Crippen MR) is 97.0 cm³/mol. The second-order valence-corrected chi connectivity index (χ2v) is 7.93. The maximum Gasteiger partial charge on any atom is 0.255 e. The Balaban J connectivity index is 1.71. The van der Waals surface area contributed by atoms with Gasteiger partial charge >= 0.3 is 0 Å². The molecule has 3 rings (SSSR count). The molecule has 0 unspecified atom stereocenters. The van der Waals surface area contributed by atoms with Crippen LogP contribution in [0.1, 0.15) is 16.8 Å². The van der Waals surface area contributed by atoms with Crippen molar-refractivity contribution in [1.82, 2.24) is 9.62 Å². The minimum absolute atomic E-state index is 0.194. The molecular weight excluding hydrogens is 357 g/mol. The summed E-state index contributed by atoms with van der Waals surface area (Å²) in [6.45, 7) is 2.36. The molecule has 1 fully saturated rings. The van der Waals surface area contributed by atoms with Gasteiger partial charge in [-0.05, 0) is 61.5 Å². The Morgan fingerprint density at radius 3 is 2.38 bits per heavy atom.